The van der Waals surface area contributed by atoms with E-state index < -0.39 is 0 Å². The molecule has 23 heavy (non-hydrogen) atoms. The fraction of sp³-hybridized carbons (Fsp3) is 0.611. The number of nitrogens with one attached hydrogen (secondary N) is 2. The first-order valence-corrected chi connectivity index (χ1v) is 8.34. The molecule has 0 heterocycles. The fourth-order valence-corrected chi connectivity index (χ4v) is 2.21. The normalized spacial score (nSPS) is 12.7. The molecule has 0 saturated heterocycles. The highest BCUT2D eigenvalue weighted by atomic mass is 127. The zero-order valence-electron chi connectivity index (χ0n) is 15.2. The molecule has 0 aliphatic carbocycles. The SMILES string of the molecule is CCNC(=NCc1cccc(C)c1)NCCN(C)C(C)CC.I. The van der Waals surface area contributed by atoms with Crippen LogP contribution < -0.4 is 10.6 Å². The fourth-order valence-electron chi connectivity index (χ4n) is 2.21. The Labute approximate surface area is 159 Å². The third-order valence-electron chi connectivity index (χ3n) is 3.95. The molecule has 2 N–H and O–H groups in total. The van der Waals surface area contributed by atoms with Gasteiger partial charge in [-0.2, -0.15) is 0 Å². The predicted octanol–water partition coefficient (Wildman–Crippen LogP) is 3.40. The second kappa shape index (κ2) is 12.6. The van der Waals surface area contributed by atoms with Gasteiger partial charge < -0.3 is 15.5 Å². The topological polar surface area (TPSA) is 39.7 Å². The quantitative estimate of drug-likeness (QED) is 0.376. The van der Waals surface area contributed by atoms with Crippen molar-refractivity contribution in [3.8, 4) is 0 Å². The monoisotopic (exact) mass is 432 g/mol. The van der Waals surface area contributed by atoms with Gasteiger partial charge in [-0.05, 0) is 39.8 Å². The number of aryl methyl sites for hydroxylation is 1. The maximum Gasteiger partial charge on any atom is 0.191 e. The maximum absolute atomic E-state index is 4.66. The molecule has 1 aromatic rings. The van der Waals surface area contributed by atoms with Crippen LogP contribution >= 0.6 is 24.0 Å². The molecular formula is C18H33IN4. The zero-order valence-corrected chi connectivity index (χ0v) is 17.6. The number of halogens is 1. The molecule has 1 atom stereocenters. The van der Waals surface area contributed by atoms with E-state index in [-0.39, 0.29) is 24.0 Å². The molecule has 0 saturated carbocycles. The Kier molecular flexibility index (Phi) is 12.1. The number of nitrogens with zero attached hydrogens (tertiary/aromatic N) is 2. The minimum atomic E-state index is 0. The lowest BCUT2D eigenvalue weighted by molar-refractivity contribution is 0.255. The van der Waals surface area contributed by atoms with Gasteiger partial charge in [0.05, 0.1) is 6.54 Å². The van der Waals surface area contributed by atoms with Crippen LogP contribution in [0.1, 0.15) is 38.3 Å². The molecule has 0 fully saturated rings. The van der Waals surface area contributed by atoms with Gasteiger partial charge in [0.2, 0.25) is 0 Å². The summed E-state index contributed by atoms with van der Waals surface area (Å²) in [6.45, 7) is 12.2. The highest BCUT2D eigenvalue weighted by molar-refractivity contribution is 14.0. The Balaban J connectivity index is 0.00000484. The first kappa shape index (κ1) is 22.2. The molecule has 5 heteroatoms. The summed E-state index contributed by atoms with van der Waals surface area (Å²) in [5.41, 5.74) is 2.52. The summed E-state index contributed by atoms with van der Waals surface area (Å²) in [4.78, 5) is 7.03. The Morgan fingerprint density at radius 2 is 2.00 bits per heavy atom. The Hall–Kier alpha value is -0.820. The summed E-state index contributed by atoms with van der Waals surface area (Å²) in [6.07, 6.45) is 1.18. The number of benzene rings is 1. The van der Waals surface area contributed by atoms with Crippen LogP contribution in [-0.4, -0.2) is 43.6 Å². The number of guanidine groups is 1. The van der Waals surface area contributed by atoms with Crippen molar-refractivity contribution in [2.75, 3.05) is 26.7 Å². The summed E-state index contributed by atoms with van der Waals surface area (Å²) >= 11 is 0. The van der Waals surface area contributed by atoms with E-state index in [0.717, 1.165) is 25.6 Å². The lowest BCUT2D eigenvalue weighted by Crippen LogP contribution is -2.42. The Morgan fingerprint density at radius 3 is 2.61 bits per heavy atom. The average molecular weight is 432 g/mol. The largest absolute Gasteiger partial charge is 0.357 e. The molecule has 132 valence electrons. The van der Waals surface area contributed by atoms with Crippen molar-refractivity contribution in [2.24, 2.45) is 4.99 Å². The maximum atomic E-state index is 4.66. The molecule has 4 nitrogen and oxygen atoms in total. The van der Waals surface area contributed by atoms with Crippen LogP contribution in [0.5, 0.6) is 0 Å². The highest BCUT2D eigenvalue weighted by Crippen LogP contribution is 2.05. The number of hydrogen-bond donors (Lipinski definition) is 2. The van der Waals surface area contributed by atoms with Crippen LogP contribution in [-0.2, 0) is 6.54 Å². The molecule has 0 aliphatic heterocycles. The summed E-state index contributed by atoms with van der Waals surface area (Å²) < 4.78 is 0. The second-order valence-electron chi connectivity index (χ2n) is 5.85. The summed E-state index contributed by atoms with van der Waals surface area (Å²) in [7, 11) is 2.17. The van der Waals surface area contributed by atoms with Crippen molar-refractivity contribution in [1.29, 1.82) is 0 Å². The summed E-state index contributed by atoms with van der Waals surface area (Å²) in [5, 5.41) is 6.72. The van der Waals surface area contributed by atoms with Crippen LogP contribution in [0.3, 0.4) is 0 Å². The van der Waals surface area contributed by atoms with Crippen molar-refractivity contribution < 1.29 is 0 Å². The van der Waals surface area contributed by atoms with E-state index in [0.29, 0.717) is 12.6 Å². The predicted molar refractivity (Wildman–Crippen MR) is 112 cm³/mol. The van der Waals surface area contributed by atoms with E-state index in [1.165, 1.54) is 17.5 Å². The van der Waals surface area contributed by atoms with Crippen molar-refractivity contribution in [3.05, 3.63) is 35.4 Å². The minimum Gasteiger partial charge on any atom is -0.357 e. The Morgan fingerprint density at radius 1 is 1.26 bits per heavy atom. The first-order chi connectivity index (χ1) is 10.6. The van der Waals surface area contributed by atoms with E-state index in [2.05, 4.69) is 79.5 Å². The lowest BCUT2D eigenvalue weighted by Gasteiger charge is -2.24. The minimum absolute atomic E-state index is 0. The molecule has 1 aromatic carbocycles. The van der Waals surface area contributed by atoms with E-state index in [9.17, 15) is 0 Å². The molecule has 0 aromatic heterocycles. The third kappa shape index (κ3) is 9.15. The van der Waals surface area contributed by atoms with Gasteiger partial charge in [0.15, 0.2) is 5.96 Å². The van der Waals surface area contributed by atoms with Gasteiger partial charge >= 0.3 is 0 Å². The van der Waals surface area contributed by atoms with Crippen LogP contribution in [0.4, 0.5) is 0 Å². The highest BCUT2D eigenvalue weighted by Gasteiger charge is 2.06. The number of hydrogen-bond acceptors (Lipinski definition) is 2. The van der Waals surface area contributed by atoms with Gasteiger partial charge in [0, 0.05) is 25.7 Å². The van der Waals surface area contributed by atoms with Crippen LogP contribution in [0.25, 0.3) is 0 Å². The molecule has 1 unspecified atom stereocenters. The van der Waals surface area contributed by atoms with Crippen LogP contribution in [0.2, 0.25) is 0 Å². The van der Waals surface area contributed by atoms with E-state index >= 15 is 0 Å². The third-order valence-corrected chi connectivity index (χ3v) is 3.95. The van der Waals surface area contributed by atoms with E-state index in [1.807, 2.05) is 0 Å². The van der Waals surface area contributed by atoms with Crippen molar-refractivity contribution in [1.82, 2.24) is 15.5 Å². The molecule has 0 bridgehead atoms. The summed E-state index contributed by atoms with van der Waals surface area (Å²) in [5.74, 6) is 0.890. The number of aliphatic imine (C=N–C) groups is 1. The zero-order chi connectivity index (χ0) is 16.4. The molecule has 1 rings (SSSR count). The smallest absolute Gasteiger partial charge is 0.191 e. The van der Waals surface area contributed by atoms with Gasteiger partial charge in [-0.1, -0.05) is 36.8 Å². The molecule has 0 radical (unpaired) electrons. The number of rotatable bonds is 8. The van der Waals surface area contributed by atoms with Gasteiger partial charge in [0.25, 0.3) is 0 Å². The van der Waals surface area contributed by atoms with Gasteiger partial charge in [-0.3, -0.25) is 0 Å². The van der Waals surface area contributed by atoms with Gasteiger partial charge in [-0.15, -0.1) is 24.0 Å². The molecule has 0 aliphatic rings. The first-order valence-electron chi connectivity index (χ1n) is 8.34. The second-order valence-corrected chi connectivity index (χ2v) is 5.85. The van der Waals surface area contributed by atoms with Gasteiger partial charge in [0.1, 0.15) is 0 Å². The number of likely N-dealkylation sites (N-methyl/N-ethyl adjacent to an activating group) is 1. The van der Waals surface area contributed by atoms with Crippen molar-refractivity contribution in [3.63, 3.8) is 0 Å². The van der Waals surface area contributed by atoms with Gasteiger partial charge in [-0.25, -0.2) is 4.99 Å². The molecule has 0 spiro atoms. The Bertz CT molecular complexity index is 462. The standard InChI is InChI=1S/C18H32N4.HI/c1-6-16(4)22(5)12-11-20-18(19-7-2)21-14-17-10-8-9-15(3)13-17;/h8-10,13,16H,6-7,11-12,14H2,1-5H3,(H2,19,20,21);1H. The van der Waals surface area contributed by atoms with Crippen LogP contribution in [0.15, 0.2) is 29.3 Å². The van der Waals surface area contributed by atoms with Crippen molar-refractivity contribution in [2.45, 2.75) is 46.7 Å². The molecular weight excluding hydrogens is 399 g/mol. The lowest BCUT2D eigenvalue weighted by atomic mass is 10.1. The molecule has 0 amide bonds. The van der Waals surface area contributed by atoms with E-state index in [4.69, 9.17) is 0 Å². The average Bonchev–Trinajstić information content (AvgIpc) is 2.51. The van der Waals surface area contributed by atoms with Crippen LogP contribution in [0, 0.1) is 6.92 Å². The van der Waals surface area contributed by atoms with E-state index in [1.54, 1.807) is 0 Å². The summed E-state index contributed by atoms with van der Waals surface area (Å²) in [6, 6.07) is 9.12. The van der Waals surface area contributed by atoms with Crippen molar-refractivity contribution >= 4 is 29.9 Å².